The smallest absolute Gasteiger partial charge is 0.235 e. The van der Waals surface area contributed by atoms with E-state index in [2.05, 4.69) is 6.07 Å². The van der Waals surface area contributed by atoms with Gasteiger partial charge in [-0.3, -0.25) is 24.0 Å². The minimum Gasteiger partial charge on any atom is -0.507 e. The highest BCUT2D eigenvalue weighted by Gasteiger charge is 2.69. The van der Waals surface area contributed by atoms with Gasteiger partial charge in [-0.2, -0.15) is 5.26 Å². The number of aromatic hydroxyl groups is 1. The predicted molar refractivity (Wildman–Crippen MR) is 122 cm³/mol. The molecule has 10 heteroatoms. The zero-order chi connectivity index (χ0) is 26.7. The summed E-state index contributed by atoms with van der Waals surface area (Å²) >= 11 is 0. The maximum absolute atomic E-state index is 13.7. The molecule has 2 saturated carbocycles. The summed E-state index contributed by atoms with van der Waals surface area (Å²) in [6.07, 6.45) is -0.750. The van der Waals surface area contributed by atoms with Gasteiger partial charge in [0, 0.05) is 30.2 Å². The van der Waals surface area contributed by atoms with E-state index in [0.29, 0.717) is 30.4 Å². The van der Waals surface area contributed by atoms with Crippen molar-refractivity contribution in [1.29, 1.82) is 5.26 Å². The first kappa shape index (κ1) is 25.7. The third-order valence-electron chi connectivity index (χ3n) is 8.21. The minimum absolute atomic E-state index is 0.00441. The zero-order valence-corrected chi connectivity index (χ0v) is 20.0. The van der Waals surface area contributed by atoms with Crippen LogP contribution in [-0.4, -0.2) is 56.1 Å². The predicted octanol–water partition coefficient (Wildman–Crippen LogP) is 0.269. The highest BCUT2D eigenvalue weighted by molar-refractivity contribution is 6.31. The van der Waals surface area contributed by atoms with Crippen LogP contribution in [0.4, 0.5) is 0 Å². The van der Waals surface area contributed by atoms with E-state index in [1.165, 1.54) is 0 Å². The molecule has 3 aliphatic carbocycles. The van der Waals surface area contributed by atoms with Crippen molar-refractivity contribution >= 4 is 29.0 Å². The number of aliphatic hydroxyl groups is 2. The Balaban J connectivity index is 1.78. The first-order chi connectivity index (χ1) is 16.8. The molecule has 1 aromatic carbocycles. The van der Waals surface area contributed by atoms with Crippen LogP contribution in [-0.2, 0) is 31.0 Å². The van der Waals surface area contributed by atoms with Crippen molar-refractivity contribution in [2.24, 2.45) is 29.4 Å². The molecule has 1 aromatic rings. The first-order valence-electron chi connectivity index (χ1n) is 11.9. The number of phenols is 1. The summed E-state index contributed by atoms with van der Waals surface area (Å²) in [5, 5.41) is 42.3. The van der Waals surface area contributed by atoms with Crippen LogP contribution in [0.25, 0.3) is 0 Å². The molecule has 0 aliphatic heterocycles. The quantitative estimate of drug-likeness (QED) is 0.327. The second-order valence-corrected chi connectivity index (χ2v) is 10.7. The van der Waals surface area contributed by atoms with E-state index in [1.54, 1.807) is 12.1 Å². The molecule has 6 atom stereocenters. The summed E-state index contributed by atoms with van der Waals surface area (Å²) in [5.41, 5.74) is 2.36. The Kier molecular flexibility index (Phi) is 6.14. The number of primary amides is 1. The molecule has 0 radical (unpaired) electrons. The van der Waals surface area contributed by atoms with E-state index in [-0.39, 0.29) is 17.7 Å². The maximum atomic E-state index is 13.7. The fourth-order valence-electron chi connectivity index (χ4n) is 6.25. The number of nitrogens with two attached hydrogens (primary N) is 1. The van der Waals surface area contributed by atoms with E-state index >= 15 is 0 Å². The molecule has 0 spiro atoms. The zero-order valence-electron chi connectivity index (χ0n) is 20.0. The van der Waals surface area contributed by atoms with Gasteiger partial charge < -0.3 is 21.1 Å². The van der Waals surface area contributed by atoms with Crippen LogP contribution in [0.15, 0.2) is 12.1 Å². The topological polar surface area (TPSA) is 196 Å². The molecule has 10 nitrogen and oxygen atoms in total. The molecule has 2 fully saturated rings. The lowest BCUT2D eigenvalue weighted by atomic mass is 9.52. The van der Waals surface area contributed by atoms with Crippen molar-refractivity contribution in [2.45, 2.75) is 63.1 Å². The summed E-state index contributed by atoms with van der Waals surface area (Å²) in [4.78, 5) is 64.4. The van der Waals surface area contributed by atoms with Crippen molar-refractivity contribution in [1.82, 2.24) is 0 Å². The van der Waals surface area contributed by atoms with Gasteiger partial charge in [0.15, 0.2) is 34.7 Å². The Morgan fingerprint density at radius 3 is 2.47 bits per heavy atom. The van der Waals surface area contributed by atoms with Gasteiger partial charge in [-0.25, -0.2) is 0 Å². The lowest BCUT2D eigenvalue weighted by Crippen LogP contribution is -2.72. The number of nitrogens with zero attached hydrogens (tertiary/aromatic N) is 1. The van der Waals surface area contributed by atoms with Crippen LogP contribution in [0.3, 0.4) is 0 Å². The molecule has 36 heavy (non-hydrogen) atoms. The number of nitriles is 1. The third kappa shape index (κ3) is 3.49. The van der Waals surface area contributed by atoms with Gasteiger partial charge in [-0.15, -0.1) is 0 Å². The molecule has 4 rings (SSSR count). The number of unbranched alkanes of at least 4 members (excludes halogenated alkanes) is 1. The second kappa shape index (κ2) is 8.61. The van der Waals surface area contributed by atoms with E-state index < -0.39 is 76.3 Å². The highest BCUT2D eigenvalue weighted by Crippen LogP contribution is 2.51. The number of hydrogen-bond acceptors (Lipinski definition) is 9. The summed E-state index contributed by atoms with van der Waals surface area (Å²) in [6.45, 7) is 3.71. The SMILES string of the molecule is CC(C)(CCCC#N)c1ccc2c(c1O)C(=O)C1C(=O)[C@]3(O)C(=O)C(C(N)=O)C(=O)C[C@@H]3[C@@H](O)[C@@H]1C2. The fourth-order valence-corrected chi connectivity index (χ4v) is 6.25. The van der Waals surface area contributed by atoms with Crippen LogP contribution in [0.1, 0.15) is 61.0 Å². The van der Waals surface area contributed by atoms with Gasteiger partial charge in [-0.05, 0) is 30.2 Å². The largest absolute Gasteiger partial charge is 0.507 e. The van der Waals surface area contributed by atoms with Gasteiger partial charge in [0.05, 0.1) is 23.7 Å². The van der Waals surface area contributed by atoms with Crippen molar-refractivity contribution in [3.05, 3.63) is 28.8 Å². The van der Waals surface area contributed by atoms with E-state index in [1.807, 2.05) is 13.8 Å². The Bertz CT molecular complexity index is 1250. The number of hydrogen-bond donors (Lipinski definition) is 4. The van der Waals surface area contributed by atoms with Gasteiger partial charge in [0.25, 0.3) is 0 Å². The molecular formula is C26H28N2O8. The molecule has 0 bridgehead atoms. The molecule has 0 saturated heterocycles. The molecule has 1 amide bonds. The third-order valence-corrected chi connectivity index (χ3v) is 8.21. The van der Waals surface area contributed by atoms with Gasteiger partial charge in [0.1, 0.15) is 5.75 Å². The van der Waals surface area contributed by atoms with Crippen LogP contribution < -0.4 is 5.73 Å². The van der Waals surface area contributed by atoms with Crippen molar-refractivity contribution in [2.75, 3.05) is 0 Å². The van der Waals surface area contributed by atoms with Gasteiger partial charge in [0.2, 0.25) is 5.91 Å². The number of phenolic OH excluding ortho intramolecular Hbond substituents is 1. The van der Waals surface area contributed by atoms with Crippen LogP contribution in [0.2, 0.25) is 0 Å². The molecular weight excluding hydrogens is 468 g/mol. The monoisotopic (exact) mass is 496 g/mol. The molecule has 0 heterocycles. The number of fused-ring (bicyclic) bond motifs is 3. The number of ketones is 4. The first-order valence-corrected chi connectivity index (χ1v) is 11.9. The van der Waals surface area contributed by atoms with Crippen molar-refractivity contribution in [3.63, 3.8) is 0 Å². The molecule has 190 valence electrons. The minimum atomic E-state index is -2.93. The summed E-state index contributed by atoms with van der Waals surface area (Å²) in [7, 11) is 0. The van der Waals surface area contributed by atoms with Crippen LogP contribution >= 0.6 is 0 Å². The summed E-state index contributed by atoms with van der Waals surface area (Å²) in [5.74, 6) is -12.2. The van der Waals surface area contributed by atoms with Crippen molar-refractivity contribution in [3.8, 4) is 11.8 Å². The van der Waals surface area contributed by atoms with Crippen molar-refractivity contribution < 1.29 is 39.3 Å². The van der Waals surface area contributed by atoms with E-state index in [4.69, 9.17) is 11.0 Å². The lowest BCUT2D eigenvalue weighted by Gasteiger charge is -2.51. The summed E-state index contributed by atoms with van der Waals surface area (Å²) < 4.78 is 0. The molecule has 2 unspecified atom stereocenters. The molecule has 5 N–H and O–H groups in total. The number of benzene rings is 1. The average Bonchev–Trinajstić information content (AvgIpc) is 2.79. The average molecular weight is 497 g/mol. The maximum Gasteiger partial charge on any atom is 0.235 e. The standard InChI is InChI=1S/C26H28N2O8/c1-25(2,7-3-4-8-27)13-6-5-11-9-12-17(21(32)16(11)20(13)31)22(33)26(36)14(19(12)30)10-15(29)18(23(26)34)24(28)35/h5-6,12,14,17-19,30-31,36H,3-4,7,9-10H2,1-2H3,(H2,28,35)/t12-,14-,17?,18?,19+,26+/m1/s1. The second-order valence-electron chi connectivity index (χ2n) is 10.7. The summed E-state index contributed by atoms with van der Waals surface area (Å²) in [6, 6.07) is 5.38. The Hall–Kier alpha value is -3.42. The normalized spacial score (nSPS) is 31.8. The Morgan fingerprint density at radius 1 is 1.19 bits per heavy atom. The number of aliphatic hydroxyl groups excluding tert-OH is 1. The number of amides is 1. The molecule has 3 aliphatic rings. The number of carbonyl (C=O) groups excluding carboxylic acids is 5. The van der Waals surface area contributed by atoms with Crippen LogP contribution in [0.5, 0.6) is 5.75 Å². The van der Waals surface area contributed by atoms with E-state index in [0.717, 1.165) is 0 Å². The number of rotatable bonds is 5. The number of carbonyl (C=O) groups is 5. The molecule has 0 aromatic heterocycles. The van der Waals surface area contributed by atoms with Crippen LogP contribution in [0, 0.1) is 35.0 Å². The number of Topliss-reactive ketones (excluding diaryl/α,β-unsaturated/α-hetero) is 4. The highest BCUT2D eigenvalue weighted by atomic mass is 16.3. The Morgan fingerprint density at radius 2 is 1.86 bits per heavy atom. The lowest BCUT2D eigenvalue weighted by molar-refractivity contribution is -0.188. The van der Waals surface area contributed by atoms with Gasteiger partial charge >= 0.3 is 0 Å². The van der Waals surface area contributed by atoms with Gasteiger partial charge in [-0.1, -0.05) is 26.0 Å². The Labute approximate surface area is 207 Å². The van der Waals surface area contributed by atoms with E-state index in [9.17, 15) is 39.3 Å². The fraction of sp³-hybridized carbons (Fsp3) is 0.538.